The van der Waals surface area contributed by atoms with Crippen molar-refractivity contribution in [3.8, 4) is 0 Å². The van der Waals surface area contributed by atoms with Gasteiger partial charge in [0.2, 0.25) is 0 Å². The molecule has 2 N–H and O–H groups in total. The molecule has 0 unspecified atom stereocenters. The van der Waals surface area contributed by atoms with Gasteiger partial charge in [-0.25, -0.2) is 8.78 Å². The first-order valence-corrected chi connectivity index (χ1v) is 9.61. The molecule has 0 aliphatic heterocycles. The Morgan fingerprint density at radius 2 is 1.59 bits per heavy atom. The van der Waals surface area contributed by atoms with Crippen molar-refractivity contribution in [3.05, 3.63) is 94.3 Å². The van der Waals surface area contributed by atoms with Crippen molar-refractivity contribution in [2.24, 2.45) is 11.1 Å². The van der Waals surface area contributed by atoms with Crippen LogP contribution in [0.25, 0.3) is 6.08 Å². The number of halogens is 2. The summed E-state index contributed by atoms with van der Waals surface area (Å²) in [6, 6.07) is 12.8. The van der Waals surface area contributed by atoms with Crippen LogP contribution < -0.4 is 0 Å². The lowest BCUT2D eigenvalue weighted by Crippen LogP contribution is -2.30. The minimum atomic E-state index is -0.589. The number of hydrogen-bond acceptors (Lipinski definition) is 3. The van der Waals surface area contributed by atoms with E-state index < -0.39 is 5.41 Å². The number of nitrogens with zero attached hydrogens (tertiary/aromatic N) is 2. The maximum absolute atomic E-state index is 13.6. The molecule has 6 heteroatoms. The third-order valence-electron chi connectivity index (χ3n) is 5.91. The number of rotatable bonds is 4. The Morgan fingerprint density at radius 3 is 2.10 bits per heavy atom. The Hall–Kier alpha value is -3.28. The molecule has 146 valence electrons. The molecule has 0 spiro atoms. The SMILES string of the molecule is O/N=C(/c1n[nH]c2c1C=CC(c1ccc(F)cc1)(c1ccc(F)cc1)C2)C1CC1. The van der Waals surface area contributed by atoms with Crippen LogP contribution in [0, 0.1) is 17.6 Å². The molecule has 0 saturated heterocycles. The summed E-state index contributed by atoms with van der Waals surface area (Å²) in [4.78, 5) is 0. The van der Waals surface area contributed by atoms with E-state index >= 15 is 0 Å². The number of hydrogen-bond donors (Lipinski definition) is 2. The second-order valence-electron chi connectivity index (χ2n) is 7.72. The van der Waals surface area contributed by atoms with E-state index in [1.165, 1.54) is 24.3 Å². The normalized spacial score (nSPS) is 17.9. The van der Waals surface area contributed by atoms with Crippen LogP contribution in [0.5, 0.6) is 0 Å². The maximum atomic E-state index is 13.6. The Labute approximate surface area is 166 Å². The number of oxime groups is 1. The highest BCUT2D eigenvalue weighted by atomic mass is 19.1. The fourth-order valence-electron chi connectivity index (χ4n) is 4.20. The average Bonchev–Trinajstić information content (AvgIpc) is 3.49. The molecule has 2 aromatic carbocycles. The molecule has 1 heterocycles. The van der Waals surface area contributed by atoms with E-state index in [9.17, 15) is 14.0 Å². The average molecular weight is 391 g/mol. The zero-order chi connectivity index (χ0) is 20.0. The maximum Gasteiger partial charge on any atom is 0.123 e. The fourth-order valence-corrected chi connectivity index (χ4v) is 4.20. The molecule has 0 bridgehead atoms. The monoisotopic (exact) mass is 391 g/mol. The lowest BCUT2D eigenvalue weighted by molar-refractivity contribution is 0.317. The van der Waals surface area contributed by atoms with Crippen LogP contribution >= 0.6 is 0 Å². The molecular weight excluding hydrogens is 372 g/mol. The zero-order valence-electron chi connectivity index (χ0n) is 15.6. The van der Waals surface area contributed by atoms with Crippen LogP contribution in [0.4, 0.5) is 8.78 Å². The van der Waals surface area contributed by atoms with Gasteiger partial charge in [-0.1, -0.05) is 41.6 Å². The highest BCUT2D eigenvalue weighted by molar-refractivity contribution is 6.04. The molecule has 29 heavy (non-hydrogen) atoms. The summed E-state index contributed by atoms with van der Waals surface area (Å²) >= 11 is 0. The van der Waals surface area contributed by atoms with Crippen LogP contribution in [0.3, 0.4) is 0 Å². The largest absolute Gasteiger partial charge is 0.411 e. The topological polar surface area (TPSA) is 61.3 Å². The van der Waals surface area contributed by atoms with E-state index in [4.69, 9.17) is 0 Å². The fraction of sp³-hybridized carbons (Fsp3) is 0.217. The smallest absolute Gasteiger partial charge is 0.123 e. The molecule has 2 aliphatic rings. The first-order valence-electron chi connectivity index (χ1n) is 9.61. The summed E-state index contributed by atoms with van der Waals surface area (Å²) < 4.78 is 27.1. The summed E-state index contributed by atoms with van der Waals surface area (Å²) in [6.07, 6.45) is 6.57. The van der Waals surface area contributed by atoms with E-state index in [0.717, 1.165) is 35.2 Å². The molecule has 2 aliphatic carbocycles. The molecule has 1 fully saturated rings. The summed E-state index contributed by atoms with van der Waals surface area (Å²) in [6.45, 7) is 0. The number of benzene rings is 2. The van der Waals surface area contributed by atoms with Crippen molar-refractivity contribution < 1.29 is 14.0 Å². The highest BCUT2D eigenvalue weighted by Crippen LogP contribution is 2.43. The standard InChI is InChI=1S/C23H19F2N3O/c24-17-7-3-15(4-8-17)23(16-5-9-18(25)10-6-16)12-11-19-20(13-23)26-27-22(19)21(28-29)14-1-2-14/h3-12,14,29H,1-2,13H2,(H,26,27)/b28-21+. The molecule has 1 saturated carbocycles. The second-order valence-corrected chi connectivity index (χ2v) is 7.72. The van der Waals surface area contributed by atoms with Gasteiger partial charge in [0.15, 0.2) is 0 Å². The number of nitrogens with one attached hydrogen (secondary N) is 1. The molecule has 0 amide bonds. The van der Waals surface area contributed by atoms with Crippen LogP contribution in [0.2, 0.25) is 0 Å². The highest BCUT2D eigenvalue weighted by Gasteiger charge is 2.39. The molecule has 3 aromatic rings. The van der Waals surface area contributed by atoms with Gasteiger partial charge in [0.1, 0.15) is 23.0 Å². The van der Waals surface area contributed by atoms with Crippen LogP contribution in [0.1, 0.15) is 40.9 Å². The van der Waals surface area contributed by atoms with E-state index in [1.54, 1.807) is 24.3 Å². The molecule has 0 atom stereocenters. The third-order valence-corrected chi connectivity index (χ3v) is 5.91. The van der Waals surface area contributed by atoms with Crippen molar-refractivity contribution in [1.82, 2.24) is 10.2 Å². The second kappa shape index (κ2) is 6.65. The van der Waals surface area contributed by atoms with Gasteiger partial charge in [-0.3, -0.25) is 5.10 Å². The van der Waals surface area contributed by atoms with Gasteiger partial charge in [0.25, 0.3) is 0 Å². The predicted molar refractivity (Wildman–Crippen MR) is 106 cm³/mol. The lowest BCUT2D eigenvalue weighted by Gasteiger charge is -2.34. The zero-order valence-corrected chi connectivity index (χ0v) is 15.6. The predicted octanol–water partition coefficient (Wildman–Crippen LogP) is 4.83. The van der Waals surface area contributed by atoms with Crippen LogP contribution in [-0.4, -0.2) is 21.1 Å². The first-order chi connectivity index (χ1) is 14.1. The van der Waals surface area contributed by atoms with E-state index in [0.29, 0.717) is 17.8 Å². The summed E-state index contributed by atoms with van der Waals surface area (Å²) in [5.74, 6) is -0.359. The van der Waals surface area contributed by atoms with Gasteiger partial charge >= 0.3 is 0 Å². The van der Waals surface area contributed by atoms with Crippen LogP contribution in [-0.2, 0) is 11.8 Å². The van der Waals surface area contributed by atoms with Crippen molar-refractivity contribution >= 4 is 11.8 Å². The molecular formula is C23H19F2N3O. The molecule has 1 aromatic heterocycles. The van der Waals surface area contributed by atoms with Gasteiger partial charge in [0, 0.05) is 29.0 Å². The van der Waals surface area contributed by atoms with Crippen molar-refractivity contribution in [1.29, 1.82) is 0 Å². The minimum Gasteiger partial charge on any atom is -0.411 e. The number of aromatic nitrogens is 2. The summed E-state index contributed by atoms with van der Waals surface area (Å²) in [5.41, 5.74) is 4.32. The Balaban J connectivity index is 1.63. The number of aromatic amines is 1. The molecule has 0 radical (unpaired) electrons. The Morgan fingerprint density at radius 1 is 1.00 bits per heavy atom. The molecule has 4 nitrogen and oxygen atoms in total. The molecule has 5 rings (SSSR count). The van der Waals surface area contributed by atoms with E-state index in [-0.39, 0.29) is 17.6 Å². The lowest BCUT2D eigenvalue weighted by atomic mass is 9.68. The summed E-state index contributed by atoms with van der Waals surface area (Å²) in [5, 5.41) is 20.5. The minimum absolute atomic E-state index is 0.252. The van der Waals surface area contributed by atoms with Crippen molar-refractivity contribution in [2.75, 3.05) is 0 Å². The number of fused-ring (bicyclic) bond motifs is 1. The van der Waals surface area contributed by atoms with Gasteiger partial charge in [0.05, 0.1) is 0 Å². The van der Waals surface area contributed by atoms with Gasteiger partial charge in [-0.05, 0) is 48.2 Å². The summed E-state index contributed by atoms with van der Waals surface area (Å²) in [7, 11) is 0. The Kier molecular flexibility index (Phi) is 4.08. The quantitative estimate of drug-likeness (QED) is 0.380. The van der Waals surface area contributed by atoms with Gasteiger partial charge < -0.3 is 5.21 Å². The first kappa shape index (κ1) is 17.8. The van der Waals surface area contributed by atoms with E-state index in [2.05, 4.69) is 21.4 Å². The van der Waals surface area contributed by atoms with Gasteiger partial charge in [-0.2, -0.15) is 5.10 Å². The van der Waals surface area contributed by atoms with Crippen LogP contribution in [0.15, 0.2) is 59.8 Å². The Bertz CT molecular complexity index is 1060. The van der Waals surface area contributed by atoms with Crippen molar-refractivity contribution in [3.63, 3.8) is 0 Å². The number of allylic oxidation sites excluding steroid dienone is 1. The third kappa shape index (κ3) is 2.95. The van der Waals surface area contributed by atoms with Gasteiger partial charge in [-0.15, -0.1) is 0 Å². The van der Waals surface area contributed by atoms with E-state index in [1.807, 2.05) is 6.08 Å². The van der Waals surface area contributed by atoms with Crippen molar-refractivity contribution in [2.45, 2.75) is 24.7 Å². The number of H-pyrrole nitrogens is 1.